The molecule has 0 aliphatic heterocycles. The molecule has 8 heteroatoms. The molecular weight excluding hydrogens is 216 g/mol. The van der Waals surface area contributed by atoms with Gasteiger partial charge in [0.2, 0.25) is 0 Å². The molecule has 3 N–H and O–H groups in total. The van der Waals surface area contributed by atoms with Gasteiger partial charge in [0.15, 0.2) is 5.25 Å². The van der Waals surface area contributed by atoms with Crippen LogP contribution in [-0.2, 0) is 19.7 Å². The second-order valence-corrected chi connectivity index (χ2v) is 4.23. The molecular formula is C6H10O7S. The van der Waals surface area contributed by atoms with Crippen molar-refractivity contribution in [3.63, 3.8) is 0 Å². The molecule has 0 fully saturated rings. The van der Waals surface area contributed by atoms with Crippen LogP contribution in [0, 0.1) is 0 Å². The number of hydrogen-bond acceptors (Lipinski definition) is 4. The Hall–Kier alpha value is -1.15. The number of rotatable bonds is 6. The van der Waals surface area contributed by atoms with E-state index in [0.717, 1.165) is 0 Å². The quantitative estimate of drug-likeness (QED) is 0.524. The molecule has 1 unspecified atom stereocenters. The topological polar surface area (TPSA) is 129 Å². The zero-order valence-electron chi connectivity index (χ0n) is 7.08. The van der Waals surface area contributed by atoms with Crippen LogP contribution >= 0.6 is 0 Å². The van der Waals surface area contributed by atoms with E-state index in [2.05, 4.69) is 0 Å². The highest BCUT2D eigenvalue weighted by Crippen LogP contribution is 2.09. The van der Waals surface area contributed by atoms with Gasteiger partial charge in [0.05, 0.1) is 0 Å². The van der Waals surface area contributed by atoms with Crippen molar-refractivity contribution >= 4 is 22.1 Å². The summed E-state index contributed by atoms with van der Waals surface area (Å²) in [4.78, 5) is 20.4. The molecule has 0 saturated carbocycles. The Kier molecular flexibility index (Phi) is 4.51. The normalized spacial score (nSPS) is 13.5. The van der Waals surface area contributed by atoms with Gasteiger partial charge in [0, 0.05) is 6.42 Å². The van der Waals surface area contributed by atoms with Gasteiger partial charge in [-0.25, -0.2) is 0 Å². The molecule has 0 amide bonds. The fraction of sp³-hybridized carbons (Fsp3) is 0.667. The van der Waals surface area contributed by atoms with Crippen molar-refractivity contribution in [3.05, 3.63) is 0 Å². The first kappa shape index (κ1) is 12.8. The number of hydrogen-bond donors (Lipinski definition) is 3. The standard InChI is InChI=1S/C6H10O7S/c7-5(8)3-1-2-4(6(9)10)14(11,12)13/h4H,1-3H2,(H,7,8)(H,9,10)(H,11,12,13). The molecule has 0 spiro atoms. The molecule has 0 heterocycles. The molecule has 14 heavy (non-hydrogen) atoms. The summed E-state index contributed by atoms with van der Waals surface area (Å²) < 4.78 is 29.4. The summed E-state index contributed by atoms with van der Waals surface area (Å²) in [6.07, 6.45) is -0.869. The summed E-state index contributed by atoms with van der Waals surface area (Å²) in [6.45, 7) is 0. The maximum Gasteiger partial charge on any atom is 0.324 e. The van der Waals surface area contributed by atoms with E-state index in [1.54, 1.807) is 0 Å². The second-order valence-electron chi connectivity index (χ2n) is 2.63. The SMILES string of the molecule is O=C(O)CCCC(C(=O)O)S(=O)(=O)O. The molecule has 0 aliphatic carbocycles. The fourth-order valence-electron chi connectivity index (χ4n) is 0.838. The van der Waals surface area contributed by atoms with Gasteiger partial charge in [-0.15, -0.1) is 0 Å². The third-order valence-corrected chi connectivity index (χ3v) is 2.65. The number of carboxylic acid groups (broad SMARTS) is 2. The average molecular weight is 226 g/mol. The zero-order valence-corrected chi connectivity index (χ0v) is 7.90. The van der Waals surface area contributed by atoms with Crippen molar-refractivity contribution in [1.29, 1.82) is 0 Å². The highest BCUT2D eigenvalue weighted by molar-refractivity contribution is 7.87. The van der Waals surface area contributed by atoms with Gasteiger partial charge in [-0.2, -0.15) is 8.42 Å². The minimum atomic E-state index is -4.65. The van der Waals surface area contributed by atoms with Crippen LogP contribution in [0.1, 0.15) is 19.3 Å². The van der Waals surface area contributed by atoms with Crippen LogP contribution in [0.4, 0.5) is 0 Å². The van der Waals surface area contributed by atoms with Gasteiger partial charge >= 0.3 is 11.9 Å². The van der Waals surface area contributed by atoms with E-state index < -0.39 is 33.7 Å². The first-order valence-corrected chi connectivity index (χ1v) is 5.16. The summed E-state index contributed by atoms with van der Waals surface area (Å²) >= 11 is 0. The number of carbonyl (C=O) groups is 2. The monoisotopic (exact) mass is 226 g/mol. The van der Waals surface area contributed by atoms with Gasteiger partial charge in [0.25, 0.3) is 10.1 Å². The van der Waals surface area contributed by atoms with Crippen molar-refractivity contribution in [2.45, 2.75) is 24.5 Å². The van der Waals surface area contributed by atoms with Crippen LogP contribution in [-0.4, -0.2) is 40.4 Å². The zero-order chi connectivity index (χ0) is 11.4. The predicted octanol–water partition coefficient (Wildman–Crippen LogP) is -0.418. The first-order chi connectivity index (χ1) is 6.25. The lowest BCUT2D eigenvalue weighted by Gasteiger charge is -2.07. The molecule has 82 valence electrons. The minimum Gasteiger partial charge on any atom is -0.481 e. The van der Waals surface area contributed by atoms with E-state index in [-0.39, 0.29) is 12.8 Å². The third-order valence-electron chi connectivity index (χ3n) is 1.49. The van der Waals surface area contributed by atoms with Gasteiger partial charge in [0.1, 0.15) is 0 Å². The Morgan fingerprint density at radius 2 is 1.71 bits per heavy atom. The Morgan fingerprint density at radius 3 is 2.00 bits per heavy atom. The molecule has 0 aromatic carbocycles. The van der Waals surface area contributed by atoms with Crippen molar-refractivity contribution in [2.75, 3.05) is 0 Å². The average Bonchev–Trinajstić information content (AvgIpc) is 1.94. The minimum absolute atomic E-state index is 0.119. The van der Waals surface area contributed by atoms with E-state index in [4.69, 9.17) is 14.8 Å². The van der Waals surface area contributed by atoms with Crippen molar-refractivity contribution in [2.24, 2.45) is 0 Å². The van der Waals surface area contributed by atoms with E-state index >= 15 is 0 Å². The Bertz CT molecular complexity index is 317. The Balaban J connectivity index is 4.28. The highest BCUT2D eigenvalue weighted by Gasteiger charge is 2.30. The van der Waals surface area contributed by atoms with Crippen molar-refractivity contribution in [3.8, 4) is 0 Å². The second kappa shape index (κ2) is 4.91. The van der Waals surface area contributed by atoms with Crippen LogP contribution in [0.5, 0.6) is 0 Å². The summed E-state index contributed by atoms with van der Waals surface area (Å²) in [5.74, 6) is -2.83. The lowest BCUT2D eigenvalue weighted by atomic mass is 10.2. The van der Waals surface area contributed by atoms with Crippen molar-refractivity contribution in [1.82, 2.24) is 0 Å². The summed E-state index contributed by atoms with van der Waals surface area (Å²) in [5.41, 5.74) is 0. The summed E-state index contributed by atoms with van der Waals surface area (Å²) in [6, 6.07) is 0. The highest BCUT2D eigenvalue weighted by atomic mass is 32.2. The van der Waals surface area contributed by atoms with Gasteiger partial charge in [-0.3, -0.25) is 14.1 Å². The maximum atomic E-state index is 10.5. The van der Waals surface area contributed by atoms with E-state index in [1.165, 1.54) is 0 Å². The Labute approximate surface area is 80.1 Å². The van der Waals surface area contributed by atoms with E-state index in [1.807, 2.05) is 0 Å². The van der Waals surface area contributed by atoms with Crippen LogP contribution in [0.2, 0.25) is 0 Å². The summed E-state index contributed by atoms with van der Waals surface area (Å²) in [7, 11) is -4.65. The largest absolute Gasteiger partial charge is 0.481 e. The number of aliphatic carboxylic acids is 2. The van der Waals surface area contributed by atoms with Crippen LogP contribution in [0.3, 0.4) is 0 Å². The molecule has 1 atom stereocenters. The van der Waals surface area contributed by atoms with Crippen molar-refractivity contribution < 1.29 is 32.8 Å². The van der Waals surface area contributed by atoms with E-state index in [0.29, 0.717) is 0 Å². The molecule has 0 aromatic rings. The molecule has 7 nitrogen and oxygen atoms in total. The van der Waals surface area contributed by atoms with Gasteiger partial charge in [-0.05, 0) is 12.8 Å². The molecule has 0 rings (SSSR count). The third kappa shape index (κ3) is 4.77. The first-order valence-electron chi connectivity index (χ1n) is 3.66. The fourth-order valence-corrected chi connectivity index (χ4v) is 1.56. The summed E-state index contributed by atoms with van der Waals surface area (Å²) in [5, 5.41) is 14.7. The maximum absolute atomic E-state index is 10.5. The van der Waals surface area contributed by atoms with E-state index in [9.17, 15) is 18.0 Å². The van der Waals surface area contributed by atoms with Crippen LogP contribution in [0.15, 0.2) is 0 Å². The Morgan fingerprint density at radius 1 is 1.21 bits per heavy atom. The molecule has 0 aromatic heterocycles. The van der Waals surface area contributed by atoms with Crippen LogP contribution in [0.25, 0.3) is 0 Å². The molecule has 0 saturated heterocycles. The molecule has 0 radical (unpaired) electrons. The van der Waals surface area contributed by atoms with Crippen LogP contribution < -0.4 is 0 Å². The smallest absolute Gasteiger partial charge is 0.324 e. The molecule has 0 aliphatic rings. The lowest BCUT2D eigenvalue weighted by molar-refractivity contribution is -0.139. The molecule has 0 bridgehead atoms. The predicted molar refractivity (Wildman–Crippen MR) is 44.5 cm³/mol. The lowest BCUT2D eigenvalue weighted by Crippen LogP contribution is -2.29. The number of carboxylic acids is 2. The van der Waals surface area contributed by atoms with Gasteiger partial charge < -0.3 is 10.2 Å². The van der Waals surface area contributed by atoms with Gasteiger partial charge in [-0.1, -0.05) is 0 Å².